The lowest BCUT2D eigenvalue weighted by Gasteiger charge is -2.22. The molecule has 1 aliphatic heterocycles. The molecule has 0 aromatic heterocycles. The fraction of sp³-hybridized carbons (Fsp3) is 0.741. The lowest BCUT2D eigenvalue weighted by Crippen LogP contribution is -2.22. The molecular formula is C27H44O5. The molecule has 5 heteroatoms. The summed E-state index contributed by atoms with van der Waals surface area (Å²) in [6.07, 6.45) is 17.5. The Morgan fingerprint density at radius 1 is 1.00 bits per heavy atom. The summed E-state index contributed by atoms with van der Waals surface area (Å²) < 4.78 is 11.4. The molecule has 1 heterocycles. The number of unbranched alkanes of at least 4 members (excludes halogenated alkanes) is 9. The minimum absolute atomic E-state index is 0.0116. The maximum Gasteiger partial charge on any atom is 0.166 e. The van der Waals surface area contributed by atoms with Crippen LogP contribution in [0.2, 0.25) is 0 Å². The molecule has 2 unspecified atom stereocenters. The fourth-order valence-corrected chi connectivity index (χ4v) is 4.34. The third-order valence-electron chi connectivity index (χ3n) is 6.35. The molecule has 0 amide bonds. The lowest BCUT2D eigenvalue weighted by molar-refractivity contribution is -0.162. The Labute approximate surface area is 194 Å². The highest BCUT2D eigenvalue weighted by atomic mass is 16.7. The predicted octanol–water partition coefficient (Wildman–Crippen LogP) is 7.14. The molecule has 0 aliphatic carbocycles. The van der Waals surface area contributed by atoms with E-state index in [2.05, 4.69) is 6.92 Å². The summed E-state index contributed by atoms with van der Waals surface area (Å²) in [6.45, 7) is 3.78. The number of Topliss-reactive ketones (excluding diaryl/α,β-unsaturated/α-hetero) is 1. The molecule has 2 rings (SSSR count). The molecule has 1 saturated heterocycles. The van der Waals surface area contributed by atoms with Crippen LogP contribution in [0, 0.1) is 5.92 Å². The number of phenolic OH excluding ortho intramolecular Hbond substituents is 2. The Bertz CT molecular complexity index is 639. The number of benzene rings is 1. The topological polar surface area (TPSA) is 76.0 Å². The van der Waals surface area contributed by atoms with Crippen LogP contribution in [0.15, 0.2) is 18.2 Å². The molecular weight excluding hydrogens is 404 g/mol. The van der Waals surface area contributed by atoms with Crippen molar-refractivity contribution in [2.75, 3.05) is 13.2 Å². The van der Waals surface area contributed by atoms with E-state index in [0.717, 1.165) is 38.9 Å². The molecule has 2 N–H and O–H groups in total. The van der Waals surface area contributed by atoms with Crippen molar-refractivity contribution in [3.05, 3.63) is 23.8 Å². The van der Waals surface area contributed by atoms with E-state index >= 15 is 0 Å². The highest BCUT2D eigenvalue weighted by Crippen LogP contribution is 2.26. The van der Waals surface area contributed by atoms with Gasteiger partial charge < -0.3 is 19.7 Å². The second-order valence-electron chi connectivity index (χ2n) is 9.43. The Morgan fingerprint density at radius 2 is 1.66 bits per heavy atom. The summed E-state index contributed by atoms with van der Waals surface area (Å²) in [7, 11) is 0. The molecule has 0 saturated carbocycles. The molecule has 2 atom stereocenters. The third kappa shape index (κ3) is 11.3. The normalized spacial score (nSPS) is 17.3. The summed E-state index contributed by atoms with van der Waals surface area (Å²) in [5, 5.41) is 19.3. The van der Waals surface area contributed by atoms with E-state index in [4.69, 9.17) is 9.47 Å². The zero-order chi connectivity index (χ0) is 23.0. The molecule has 1 fully saturated rings. The van der Waals surface area contributed by atoms with Crippen LogP contribution < -0.4 is 0 Å². The van der Waals surface area contributed by atoms with Crippen molar-refractivity contribution in [2.45, 2.75) is 110 Å². The zero-order valence-electron chi connectivity index (χ0n) is 20.0. The van der Waals surface area contributed by atoms with Gasteiger partial charge in [0.25, 0.3) is 0 Å². The van der Waals surface area contributed by atoms with Gasteiger partial charge in [0, 0.05) is 19.6 Å². The van der Waals surface area contributed by atoms with Crippen LogP contribution in [0.5, 0.6) is 11.5 Å². The molecule has 0 bridgehead atoms. The second-order valence-corrected chi connectivity index (χ2v) is 9.43. The second kappa shape index (κ2) is 16.1. The van der Waals surface area contributed by atoms with Crippen LogP contribution in [-0.4, -0.2) is 35.5 Å². The average molecular weight is 449 g/mol. The minimum Gasteiger partial charge on any atom is -0.508 e. The summed E-state index contributed by atoms with van der Waals surface area (Å²) in [6, 6.07) is 4.11. The molecule has 1 aromatic carbocycles. The summed E-state index contributed by atoms with van der Waals surface area (Å²) in [5.41, 5.74) is 0.225. The first-order chi connectivity index (χ1) is 15.6. The molecule has 0 radical (unpaired) electrons. The van der Waals surface area contributed by atoms with Gasteiger partial charge in [-0.15, -0.1) is 0 Å². The van der Waals surface area contributed by atoms with Gasteiger partial charge in [-0.3, -0.25) is 4.79 Å². The Kier molecular flexibility index (Phi) is 13.4. The number of rotatable bonds is 17. The Hall–Kier alpha value is -1.59. The number of ether oxygens (including phenoxy) is 2. The summed E-state index contributed by atoms with van der Waals surface area (Å²) >= 11 is 0. The monoisotopic (exact) mass is 448 g/mol. The van der Waals surface area contributed by atoms with Gasteiger partial charge in [0.1, 0.15) is 11.5 Å². The van der Waals surface area contributed by atoms with Gasteiger partial charge in [0.15, 0.2) is 12.1 Å². The quantitative estimate of drug-likeness (QED) is 0.150. The van der Waals surface area contributed by atoms with Crippen molar-refractivity contribution in [3.8, 4) is 11.5 Å². The van der Waals surface area contributed by atoms with Gasteiger partial charge in [-0.25, -0.2) is 0 Å². The molecule has 182 valence electrons. The van der Waals surface area contributed by atoms with Crippen molar-refractivity contribution in [2.24, 2.45) is 5.92 Å². The van der Waals surface area contributed by atoms with Crippen molar-refractivity contribution >= 4 is 5.78 Å². The summed E-state index contributed by atoms with van der Waals surface area (Å²) in [5.74, 6) is 0.151. The minimum atomic E-state index is -0.0974. The summed E-state index contributed by atoms with van der Waals surface area (Å²) in [4.78, 5) is 12.3. The number of carbonyl (C=O) groups excluding carboxylic acids is 1. The third-order valence-corrected chi connectivity index (χ3v) is 6.35. The first-order valence-corrected chi connectivity index (χ1v) is 12.8. The van der Waals surface area contributed by atoms with Gasteiger partial charge >= 0.3 is 0 Å². The fourth-order valence-electron chi connectivity index (χ4n) is 4.34. The molecule has 5 nitrogen and oxygen atoms in total. The van der Waals surface area contributed by atoms with Crippen LogP contribution >= 0.6 is 0 Å². The van der Waals surface area contributed by atoms with Crippen molar-refractivity contribution in [1.29, 1.82) is 0 Å². The van der Waals surface area contributed by atoms with E-state index in [9.17, 15) is 15.0 Å². The van der Waals surface area contributed by atoms with Gasteiger partial charge in [0.2, 0.25) is 0 Å². The van der Waals surface area contributed by atoms with E-state index in [1.54, 1.807) is 0 Å². The number of hydrogen-bond donors (Lipinski definition) is 2. The van der Waals surface area contributed by atoms with E-state index in [0.29, 0.717) is 6.42 Å². The molecule has 32 heavy (non-hydrogen) atoms. The van der Waals surface area contributed by atoms with Crippen LogP contribution in [0.4, 0.5) is 0 Å². The average Bonchev–Trinajstić information content (AvgIpc) is 2.79. The van der Waals surface area contributed by atoms with E-state index in [-0.39, 0.29) is 35.1 Å². The first kappa shape index (κ1) is 26.7. The Balaban J connectivity index is 1.36. The highest BCUT2D eigenvalue weighted by Gasteiger charge is 2.15. The van der Waals surface area contributed by atoms with Crippen molar-refractivity contribution < 1.29 is 24.5 Å². The number of aromatic hydroxyl groups is 2. The molecule has 1 aromatic rings. The first-order valence-electron chi connectivity index (χ1n) is 12.8. The smallest absolute Gasteiger partial charge is 0.166 e. The van der Waals surface area contributed by atoms with E-state index < -0.39 is 0 Å². The standard InChI is InChI=1S/C27H44O5/c1-22(20-26(30)24-21-23(28)16-17-25(24)29)14-10-8-6-4-2-3-5-7-9-12-18-31-27-15-11-13-19-32-27/h16-17,21-22,27-29H,2-15,18-20H2,1H3. The predicted molar refractivity (Wildman–Crippen MR) is 128 cm³/mol. The SMILES string of the molecule is CC(CCCCCCCCCCCCOC1CCCCO1)CC(=O)c1cc(O)ccc1O. The lowest BCUT2D eigenvalue weighted by atomic mass is 9.94. The largest absolute Gasteiger partial charge is 0.508 e. The van der Waals surface area contributed by atoms with Gasteiger partial charge in [-0.2, -0.15) is 0 Å². The maximum absolute atomic E-state index is 12.3. The maximum atomic E-state index is 12.3. The van der Waals surface area contributed by atoms with Crippen molar-refractivity contribution in [1.82, 2.24) is 0 Å². The zero-order valence-corrected chi connectivity index (χ0v) is 20.0. The van der Waals surface area contributed by atoms with E-state index in [1.807, 2.05) is 0 Å². The number of ketones is 1. The molecule has 1 aliphatic rings. The van der Waals surface area contributed by atoms with Gasteiger partial charge in [-0.05, 0) is 49.8 Å². The highest BCUT2D eigenvalue weighted by molar-refractivity contribution is 5.99. The van der Waals surface area contributed by atoms with Crippen LogP contribution in [-0.2, 0) is 9.47 Å². The number of hydrogen-bond acceptors (Lipinski definition) is 5. The van der Waals surface area contributed by atoms with Crippen LogP contribution in [0.3, 0.4) is 0 Å². The number of phenols is 2. The van der Waals surface area contributed by atoms with Crippen molar-refractivity contribution in [3.63, 3.8) is 0 Å². The van der Waals surface area contributed by atoms with E-state index in [1.165, 1.54) is 82.4 Å². The van der Waals surface area contributed by atoms with Crippen LogP contribution in [0.25, 0.3) is 0 Å². The van der Waals surface area contributed by atoms with Crippen LogP contribution in [0.1, 0.15) is 114 Å². The van der Waals surface area contributed by atoms with Gasteiger partial charge in [0.05, 0.1) is 5.56 Å². The van der Waals surface area contributed by atoms with Gasteiger partial charge in [-0.1, -0.05) is 71.1 Å². The number of carbonyl (C=O) groups is 1. The molecule has 0 spiro atoms. The Morgan fingerprint density at radius 3 is 2.31 bits per heavy atom.